The third-order valence-electron chi connectivity index (χ3n) is 5.85. The summed E-state index contributed by atoms with van der Waals surface area (Å²) < 4.78 is 13.1. The number of likely N-dealkylation sites (tertiary alicyclic amines) is 1. The highest BCUT2D eigenvalue weighted by molar-refractivity contribution is 6.46. The van der Waals surface area contributed by atoms with Gasteiger partial charge in [0, 0.05) is 31.0 Å². The summed E-state index contributed by atoms with van der Waals surface area (Å²) in [5, 5.41) is 11.2. The maximum Gasteiger partial charge on any atom is 0.295 e. The summed E-state index contributed by atoms with van der Waals surface area (Å²) in [6, 6.07) is 13.6. The lowest BCUT2D eigenvalue weighted by Crippen LogP contribution is -2.31. The van der Waals surface area contributed by atoms with E-state index in [-0.39, 0.29) is 11.3 Å². The molecule has 8 heteroatoms. The molecule has 2 aromatic carbocycles. The second-order valence-corrected chi connectivity index (χ2v) is 7.92. The van der Waals surface area contributed by atoms with E-state index < -0.39 is 17.7 Å². The van der Waals surface area contributed by atoms with Crippen molar-refractivity contribution in [1.29, 1.82) is 0 Å². The molecule has 168 valence electrons. The van der Waals surface area contributed by atoms with Crippen molar-refractivity contribution < 1.29 is 24.2 Å². The normalized spacial score (nSPS) is 19.2. The Morgan fingerprint density at radius 1 is 1.03 bits per heavy atom. The fourth-order valence-electron chi connectivity index (χ4n) is 4.28. The molecule has 1 amide bonds. The van der Waals surface area contributed by atoms with Gasteiger partial charge in [-0.1, -0.05) is 30.3 Å². The molecule has 0 spiro atoms. The van der Waals surface area contributed by atoms with Crippen LogP contribution in [0, 0.1) is 0 Å². The van der Waals surface area contributed by atoms with E-state index in [1.54, 1.807) is 30.7 Å². The molecule has 1 unspecified atom stereocenters. The number of amides is 1. The number of carbonyl (C=O) groups excluding carboxylic acids is 2. The zero-order valence-corrected chi connectivity index (χ0v) is 17.9. The van der Waals surface area contributed by atoms with Gasteiger partial charge in [-0.2, -0.15) is 0 Å². The Bertz CT molecular complexity index is 1200. The van der Waals surface area contributed by atoms with Gasteiger partial charge in [0.1, 0.15) is 19.0 Å². The molecule has 1 atom stereocenters. The number of benzene rings is 2. The predicted octanol–water partition coefficient (Wildman–Crippen LogP) is 3.17. The quantitative estimate of drug-likeness (QED) is 0.356. The number of carbonyl (C=O) groups is 2. The average molecular weight is 445 g/mol. The smallest absolute Gasteiger partial charge is 0.295 e. The zero-order chi connectivity index (χ0) is 22.8. The van der Waals surface area contributed by atoms with Gasteiger partial charge in [-0.05, 0) is 30.2 Å². The van der Waals surface area contributed by atoms with Gasteiger partial charge in [0.25, 0.3) is 11.7 Å². The van der Waals surface area contributed by atoms with Crippen molar-refractivity contribution in [2.75, 3.05) is 19.8 Å². The Hall–Kier alpha value is -4.07. The van der Waals surface area contributed by atoms with Crippen LogP contribution in [0.15, 0.2) is 72.8 Å². The molecule has 33 heavy (non-hydrogen) atoms. The summed E-state index contributed by atoms with van der Waals surface area (Å²) >= 11 is 0. The molecule has 3 aromatic rings. The minimum Gasteiger partial charge on any atom is -0.507 e. The number of hydrogen-bond acceptors (Lipinski definition) is 6. The van der Waals surface area contributed by atoms with Gasteiger partial charge in [0.05, 0.1) is 17.9 Å². The van der Waals surface area contributed by atoms with E-state index in [9.17, 15) is 14.7 Å². The molecule has 2 aliphatic heterocycles. The van der Waals surface area contributed by atoms with Gasteiger partial charge in [-0.3, -0.25) is 9.59 Å². The summed E-state index contributed by atoms with van der Waals surface area (Å²) in [4.78, 5) is 31.7. The van der Waals surface area contributed by atoms with Crippen LogP contribution in [0.2, 0.25) is 0 Å². The Labute approximate surface area is 190 Å². The first-order valence-electron chi connectivity index (χ1n) is 10.8. The summed E-state index contributed by atoms with van der Waals surface area (Å²) in [6.45, 7) is 1.88. The fraction of sp³-hybridized carbons (Fsp3) is 0.240. The Kier molecular flexibility index (Phi) is 5.56. The number of aryl methyl sites for hydroxylation is 1. The molecule has 8 nitrogen and oxygen atoms in total. The van der Waals surface area contributed by atoms with Crippen molar-refractivity contribution in [3.63, 3.8) is 0 Å². The van der Waals surface area contributed by atoms with E-state index in [0.29, 0.717) is 49.8 Å². The number of ketones is 1. The van der Waals surface area contributed by atoms with Gasteiger partial charge in [0.15, 0.2) is 11.5 Å². The third-order valence-corrected chi connectivity index (χ3v) is 5.85. The molecule has 0 aliphatic carbocycles. The summed E-state index contributed by atoms with van der Waals surface area (Å²) in [6.07, 6.45) is 5.90. The number of aliphatic hydroxyl groups is 1. The lowest BCUT2D eigenvalue weighted by atomic mass is 9.95. The van der Waals surface area contributed by atoms with Crippen molar-refractivity contribution >= 4 is 17.4 Å². The van der Waals surface area contributed by atoms with Crippen molar-refractivity contribution in [1.82, 2.24) is 14.5 Å². The van der Waals surface area contributed by atoms with Crippen molar-refractivity contribution in [3.05, 3.63) is 84.0 Å². The van der Waals surface area contributed by atoms with E-state index in [4.69, 9.17) is 9.47 Å². The van der Waals surface area contributed by atoms with Crippen molar-refractivity contribution in [2.45, 2.75) is 19.0 Å². The standard InChI is InChI=1S/C25H23N3O5/c29-23(18-7-8-19-20(15-18)33-14-13-32-19)21-22(17-5-2-1-3-6-17)28(25(31)24(21)30)11-4-10-27-12-9-26-16-27/h1-3,5-9,12,15-16,22,29H,4,10-11,13-14H2. The predicted molar refractivity (Wildman–Crippen MR) is 120 cm³/mol. The van der Waals surface area contributed by atoms with E-state index in [0.717, 1.165) is 5.56 Å². The number of Topliss-reactive ketones (excluding diaryl/α,β-unsaturated/α-hetero) is 1. The van der Waals surface area contributed by atoms with E-state index >= 15 is 0 Å². The van der Waals surface area contributed by atoms with Crippen LogP contribution in [-0.4, -0.2) is 51.0 Å². The molecular formula is C25H23N3O5. The van der Waals surface area contributed by atoms with Crippen LogP contribution in [0.5, 0.6) is 11.5 Å². The highest BCUT2D eigenvalue weighted by Crippen LogP contribution is 2.41. The molecule has 2 aliphatic rings. The number of rotatable bonds is 6. The lowest BCUT2D eigenvalue weighted by molar-refractivity contribution is -0.139. The molecule has 1 N–H and O–H groups in total. The van der Waals surface area contributed by atoms with Gasteiger partial charge in [-0.25, -0.2) is 4.98 Å². The van der Waals surface area contributed by atoms with E-state index in [1.165, 1.54) is 4.90 Å². The van der Waals surface area contributed by atoms with Crippen LogP contribution < -0.4 is 9.47 Å². The second-order valence-electron chi connectivity index (χ2n) is 7.92. The Morgan fingerprint density at radius 3 is 2.58 bits per heavy atom. The lowest BCUT2D eigenvalue weighted by Gasteiger charge is -2.25. The monoisotopic (exact) mass is 445 g/mol. The number of hydrogen-bond donors (Lipinski definition) is 1. The van der Waals surface area contributed by atoms with Gasteiger partial charge in [-0.15, -0.1) is 0 Å². The molecular weight excluding hydrogens is 422 g/mol. The minimum absolute atomic E-state index is 0.0745. The molecule has 0 saturated carbocycles. The van der Waals surface area contributed by atoms with Gasteiger partial charge in [0.2, 0.25) is 0 Å². The number of ether oxygens (including phenoxy) is 2. The van der Waals surface area contributed by atoms with Gasteiger partial charge >= 0.3 is 0 Å². The highest BCUT2D eigenvalue weighted by atomic mass is 16.6. The van der Waals surface area contributed by atoms with Crippen LogP contribution in [-0.2, 0) is 16.1 Å². The SMILES string of the molecule is O=C1C(=O)N(CCCn2ccnc2)C(c2ccccc2)C1=C(O)c1ccc2c(c1)OCCO2. The number of fused-ring (bicyclic) bond motifs is 1. The molecule has 0 bridgehead atoms. The largest absolute Gasteiger partial charge is 0.507 e. The van der Waals surface area contributed by atoms with Crippen LogP contribution in [0.3, 0.4) is 0 Å². The molecule has 1 aromatic heterocycles. The molecule has 1 fully saturated rings. The van der Waals surface area contributed by atoms with E-state index in [1.807, 2.05) is 41.1 Å². The van der Waals surface area contributed by atoms with Crippen LogP contribution >= 0.6 is 0 Å². The Balaban J connectivity index is 1.52. The maximum absolute atomic E-state index is 13.1. The average Bonchev–Trinajstić information content (AvgIpc) is 3.46. The summed E-state index contributed by atoms with van der Waals surface area (Å²) in [5.41, 5.74) is 1.24. The summed E-state index contributed by atoms with van der Waals surface area (Å²) in [7, 11) is 0. The topological polar surface area (TPSA) is 93.9 Å². The number of aliphatic hydroxyl groups excluding tert-OH is 1. The molecule has 1 saturated heterocycles. The first kappa shape index (κ1) is 20.8. The number of aromatic nitrogens is 2. The third kappa shape index (κ3) is 3.95. The highest BCUT2D eigenvalue weighted by Gasteiger charge is 2.45. The number of nitrogens with zero attached hydrogens (tertiary/aromatic N) is 3. The Morgan fingerprint density at radius 2 is 1.82 bits per heavy atom. The first-order valence-corrected chi connectivity index (χ1v) is 10.8. The van der Waals surface area contributed by atoms with Crippen molar-refractivity contribution in [2.24, 2.45) is 0 Å². The molecule has 0 radical (unpaired) electrons. The van der Waals surface area contributed by atoms with Crippen LogP contribution in [0.25, 0.3) is 5.76 Å². The zero-order valence-electron chi connectivity index (χ0n) is 17.9. The number of imidazole rings is 1. The first-order chi connectivity index (χ1) is 16.1. The minimum atomic E-state index is -0.695. The van der Waals surface area contributed by atoms with Crippen LogP contribution in [0.4, 0.5) is 0 Å². The van der Waals surface area contributed by atoms with E-state index in [2.05, 4.69) is 4.98 Å². The molecule has 3 heterocycles. The summed E-state index contributed by atoms with van der Waals surface area (Å²) in [5.74, 6) is -0.461. The van der Waals surface area contributed by atoms with Crippen LogP contribution in [0.1, 0.15) is 23.6 Å². The van der Waals surface area contributed by atoms with Crippen molar-refractivity contribution in [3.8, 4) is 11.5 Å². The maximum atomic E-state index is 13.1. The second kappa shape index (κ2) is 8.82. The fourth-order valence-corrected chi connectivity index (χ4v) is 4.28. The molecule has 5 rings (SSSR count). The van der Waals surface area contributed by atoms with Gasteiger partial charge < -0.3 is 24.0 Å².